The highest BCUT2D eigenvalue weighted by atomic mass is 35.5. The summed E-state index contributed by atoms with van der Waals surface area (Å²) in [6, 6.07) is 5.94. The number of halogens is 1. The SMILES string of the molecule is CN1CCN(Cc2nc3cc(Cl)ccc3s2)CC1. The van der Waals surface area contributed by atoms with Crippen molar-refractivity contribution >= 4 is 33.2 Å². The molecule has 0 saturated carbocycles. The van der Waals surface area contributed by atoms with Crippen molar-refractivity contribution < 1.29 is 0 Å². The molecule has 0 atom stereocenters. The molecular formula is C13H16ClN3S. The zero-order valence-corrected chi connectivity index (χ0v) is 12.0. The Morgan fingerprint density at radius 1 is 1.28 bits per heavy atom. The maximum atomic E-state index is 5.98. The summed E-state index contributed by atoms with van der Waals surface area (Å²) in [6.45, 7) is 5.53. The molecule has 18 heavy (non-hydrogen) atoms. The Labute approximate surface area is 116 Å². The Bertz CT molecular complexity index is 546. The Hall–Kier alpha value is -0.680. The predicted octanol–water partition coefficient (Wildman–Crippen LogP) is 2.70. The lowest BCUT2D eigenvalue weighted by molar-refractivity contribution is 0.148. The van der Waals surface area contributed by atoms with E-state index in [0.29, 0.717) is 0 Å². The largest absolute Gasteiger partial charge is 0.304 e. The highest BCUT2D eigenvalue weighted by Crippen LogP contribution is 2.25. The molecule has 1 aromatic heterocycles. The predicted molar refractivity (Wildman–Crippen MR) is 77.4 cm³/mol. The van der Waals surface area contributed by atoms with E-state index < -0.39 is 0 Å². The van der Waals surface area contributed by atoms with E-state index in [-0.39, 0.29) is 0 Å². The highest BCUT2D eigenvalue weighted by molar-refractivity contribution is 7.18. The molecule has 1 saturated heterocycles. The fraction of sp³-hybridized carbons (Fsp3) is 0.462. The molecule has 1 aliphatic rings. The quantitative estimate of drug-likeness (QED) is 0.844. The molecule has 2 aromatic rings. The van der Waals surface area contributed by atoms with Crippen LogP contribution in [0.5, 0.6) is 0 Å². The van der Waals surface area contributed by atoms with Crippen LogP contribution in [0.2, 0.25) is 5.02 Å². The first kappa shape index (κ1) is 12.4. The van der Waals surface area contributed by atoms with Crippen LogP contribution in [-0.4, -0.2) is 48.0 Å². The maximum Gasteiger partial charge on any atom is 0.108 e. The third-order valence-corrected chi connectivity index (χ3v) is 4.60. The summed E-state index contributed by atoms with van der Waals surface area (Å²) < 4.78 is 1.23. The molecule has 3 nitrogen and oxygen atoms in total. The van der Waals surface area contributed by atoms with E-state index >= 15 is 0 Å². The van der Waals surface area contributed by atoms with Crippen LogP contribution in [0.3, 0.4) is 0 Å². The third kappa shape index (κ3) is 2.67. The standard InChI is InChI=1S/C13H16ClN3S/c1-16-4-6-17(7-5-16)9-13-15-11-8-10(14)2-3-12(11)18-13/h2-3,8H,4-7,9H2,1H3. The summed E-state index contributed by atoms with van der Waals surface area (Å²) in [6.07, 6.45) is 0. The molecule has 1 fully saturated rings. The Kier molecular flexibility index (Phi) is 3.52. The number of likely N-dealkylation sites (N-methyl/N-ethyl adjacent to an activating group) is 1. The second kappa shape index (κ2) is 5.13. The summed E-state index contributed by atoms with van der Waals surface area (Å²) >= 11 is 7.76. The van der Waals surface area contributed by atoms with Crippen molar-refractivity contribution in [2.24, 2.45) is 0 Å². The molecule has 0 spiro atoms. The van der Waals surface area contributed by atoms with Gasteiger partial charge in [0.2, 0.25) is 0 Å². The molecular weight excluding hydrogens is 266 g/mol. The number of hydrogen-bond donors (Lipinski definition) is 0. The number of piperazine rings is 1. The van der Waals surface area contributed by atoms with Gasteiger partial charge >= 0.3 is 0 Å². The second-order valence-electron chi connectivity index (χ2n) is 4.80. The van der Waals surface area contributed by atoms with Gasteiger partial charge < -0.3 is 4.90 Å². The van der Waals surface area contributed by atoms with Crippen molar-refractivity contribution in [3.63, 3.8) is 0 Å². The minimum atomic E-state index is 0.763. The molecule has 5 heteroatoms. The Morgan fingerprint density at radius 2 is 2.06 bits per heavy atom. The molecule has 0 unspecified atom stereocenters. The molecule has 0 aliphatic carbocycles. The fourth-order valence-electron chi connectivity index (χ4n) is 2.21. The van der Waals surface area contributed by atoms with E-state index in [4.69, 9.17) is 11.6 Å². The molecule has 1 aromatic carbocycles. The number of nitrogens with zero attached hydrogens (tertiary/aromatic N) is 3. The molecule has 3 rings (SSSR count). The van der Waals surface area contributed by atoms with Crippen molar-refractivity contribution in [1.29, 1.82) is 0 Å². The van der Waals surface area contributed by atoms with Crippen molar-refractivity contribution in [3.8, 4) is 0 Å². The highest BCUT2D eigenvalue weighted by Gasteiger charge is 2.15. The zero-order valence-electron chi connectivity index (χ0n) is 10.4. The summed E-state index contributed by atoms with van der Waals surface area (Å²) in [5.74, 6) is 0. The topological polar surface area (TPSA) is 19.4 Å². The van der Waals surface area contributed by atoms with Crippen molar-refractivity contribution in [2.75, 3.05) is 33.2 Å². The van der Waals surface area contributed by atoms with Crippen molar-refractivity contribution in [2.45, 2.75) is 6.54 Å². The van der Waals surface area contributed by atoms with Crippen LogP contribution in [-0.2, 0) is 6.54 Å². The summed E-state index contributed by atoms with van der Waals surface area (Å²) in [7, 11) is 2.18. The van der Waals surface area contributed by atoms with Gasteiger partial charge in [-0.2, -0.15) is 0 Å². The molecule has 0 N–H and O–H groups in total. The molecule has 96 valence electrons. The van der Waals surface area contributed by atoms with Crippen LogP contribution in [0.4, 0.5) is 0 Å². The first-order chi connectivity index (χ1) is 8.70. The van der Waals surface area contributed by atoms with Gasteiger partial charge in [0.05, 0.1) is 16.8 Å². The monoisotopic (exact) mass is 281 g/mol. The second-order valence-corrected chi connectivity index (χ2v) is 6.35. The van der Waals surface area contributed by atoms with Gasteiger partial charge in [0.1, 0.15) is 5.01 Å². The van der Waals surface area contributed by atoms with E-state index in [1.807, 2.05) is 12.1 Å². The van der Waals surface area contributed by atoms with E-state index in [1.165, 1.54) is 9.71 Å². The molecule has 1 aliphatic heterocycles. The van der Waals surface area contributed by atoms with Gasteiger partial charge in [-0.3, -0.25) is 4.90 Å². The van der Waals surface area contributed by atoms with E-state index in [0.717, 1.165) is 43.3 Å². The summed E-state index contributed by atoms with van der Waals surface area (Å²) in [5, 5.41) is 1.95. The van der Waals surface area contributed by atoms with Gasteiger partial charge in [-0.25, -0.2) is 4.98 Å². The molecule has 0 bridgehead atoms. The number of thiazole rings is 1. The summed E-state index contributed by atoms with van der Waals surface area (Å²) in [4.78, 5) is 9.51. The summed E-state index contributed by atoms with van der Waals surface area (Å²) in [5.41, 5.74) is 1.02. The van der Waals surface area contributed by atoms with Crippen LogP contribution >= 0.6 is 22.9 Å². The van der Waals surface area contributed by atoms with Crippen LogP contribution in [0, 0.1) is 0 Å². The van der Waals surface area contributed by atoms with E-state index in [1.54, 1.807) is 11.3 Å². The Morgan fingerprint density at radius 3 is 2.83 bits per heavy atom. The minimum absolute atomic E-state index is 0.763. The maximum absolute atomic E-state index is 5.98. The van der Waals surface area contributed by atoms with Crippen molar-refractivity contribution in [1.82, 2.24) is 14.8 Å². The van der Waals surface area contributed by atoms with Crippen LogP contribution < -0.4 is 0 Å². The van der Waals surface area contributed by atoms with Gasteiger partial charge in [0, 0.05) is 31.2 Å². The van der Waals surface area contributed by atoms with Gasteiger partial charge in [0.25, 0.3) is 0 Å². The number of fused-ring (bicyclic) bond motifs is 1. The lowest BCUT2D eigenvalue weighted by Gasteiger charge is -2.31. The number of aromatic nitrogens is 1. The molecule has 0 radical (unpaired) electrons. The van der Waals surface area contributed by atoms with E-state index in [2.05, 4.69) is 27.9 Å². The first-order valence-electron chi connectivity index (χ1n) is 6.16. The molecule has 2 heterocycles. The van der Waals surface area contributed by atoms with Crippen LogP contribution in [0.1, 0.15) is 5.01 Å². The average Bonchev–Trinajstić information content (AvgIpc) is 2.73. The Balaban J connectivity index is 1.74. The first-order valence-corrected chi connectivity index (χ1v) is 7.36. The minimum Gasteiger partial charge on any atom is -0.304 e. The van der Waals surface area contributed by atoms with Gasteiger partial charge in [-0.1, -0.05) is 11.6 Å². The number of hydrogen-bond acceptors (Lipinski definition) is 4. The average molecular weight is 282 g/mol. The van der Waals surface area contributed by atoms with Crippen LogP contribution in [0.25, 0.3) is 10.2 Å². The lowest BCUT2D eigenvalue weighted by Crippen LogP contribution is -2.43. The normalized spacial score (nSPS) is 18.6. The van der Waals surface area contributed by atoms with E-state index in [9.17, 15) is 0 Å². The van der Waals surface area contributed by atoms with Gasteiger partial charge in [-0.15, -0.1) is 11.3 Å². The van der Waals surface area contributed by atoms with Gasteiger partial charge in [0.15, 0.2) is 0 Å². The molecule has 0 amide bonds. The number of rotatable bonds is 2. The zero-order chi connectivity index (χ0) is 12.5. The van der Waals surface area contributed by atoms with Crippen LogP contribution in [0.15, 0.2) is 18.2 Å². The van der Waals surface area contributed by atoms with Crippen molar-refractivity contribution in [3.05, 3.63) is 28.2 Å². The number of benzene rings is 1. The van der Waals surface area contributed by atoms with Gasteiger partial charge in [-0.05, 0) is 25.2 Å². The fourth-order valence-corrected chi connectivity index (χ4v) is 3.37. The lowest BCUT2D eigenvalue weighted by atomic mass is 10.3. The smallest absolute Gasteiger partial charge is 0.108 e. The third-order valence-electron chi connectivity index (χ3n) is 3.35.